The molecule has 2 rings (SSSR count). The summed E-state index contributed by atoms with van der Waals surface area (Å²) in [6.45, 7) is 4.29. The highest BCUT2D eigenvalue weighted by atomic mass is 16.5. The van der Waals surface area contributed by atoms with Gasteiger partial charge in [0, 0.05) is 24.9 Å². The molecule has 1 aliphatic heterocycles. The lowest BCUT2D eigenvalue weighted by Crippen LogP contribution is -2.17. The first-order valence-electron chi connectivity index (χ1n) is 6.14. The van der Waals surface area contributed by atoms with E-state index in [-0.39, 0.29) is 6.10 Å². The molecule has 94 valence electrons. The Kier molecular flexibility index (Phi) is 4.34. The van der Waals surface area contributed by atoms with Crippen molar-refractivity contribution >= 4 is 0 Å². The van der Waals surface area contributed by atoms with Crippen LogP contribution in [0.25, 0.3) is 0 Å². The molecule has 1 saturated heterocycles. The highest BCUT2D eigenvalue weighted by Gasteiger charge is 2.16. The van der Waals surface area contributed by atoms with Crippen molar-refractivity contribution in [2.24, 2.45) is 0 Å². The predicted molar refractivity (Wildman–Crippen MR) is 66.2 cm³/mol. The van der Waals surface area contributed by atoms with Gasteiger partial charge in [-0.2, -0.15) is 0 Å². The highest BCUT2D eigenvalue weighted by Crippen LogP contribution is 2.16. The van der Waals surface area contributed by atoms with Gasteiger partial charge in [0.1, 0.15) is 6.61 Å². The van der Waals surface area contributed by atoms with E-state index in [0.29, 0.717) is 12.5 Å². The van der Waals surface area contributed by atoms with Crippen LogP contribution in [-0.4, -0.2) is 31.3 Å². The van der Waals surface area contributed by atoms with Crippen molar-refractivity contribution in [1.82, 2.24) is 10.3 Å². The van der Waals surface area contributed by atoms with Crippen molar-refractivity contribution < 1.29 is 9.47 Å². The Hall–Kier alpha value is -1.13. The number of aryl methyl sites for hydroxylation is 1. The van der Waals surface area contributed by atoms with E-state index in [4.69, 9.17) is 9.47 Å². The van der Waals surface area contributed by atoms with Crippen LogP contribution in [0.2, 0.25) is 0 Å². The first kappa shape index (κ1) is 12.3. The van der Waals surface area contributed by atoms with E-state index in [1.54, 1.807) is 0 Å². The van der Waals surface area contributed by atoms with E-state index >= 15 is 0 Å². The van der Waals surface area contributed by atoms with Crippen molar-refractivity contribution in [1.29, 1.82) is 0 Å². The van der Waals surface area contributed by atoms with E-state index in [1.165, 1.54) is 5.56 Å². The van der Waals surface area contributed by atoms with Crippen LogP contribution in [0.15, 0.2) is 12.1 Å². The standard InChI is InChI=1S/C13H20N2O2/c1-10-6-11(8-14-2)7-13(15-10)17-9-12-4-3-5-16-12/h6-7,12,14H,3-5,8-9H2,1-2H3. The van der Waals surface area contributed by atoms with Crippen molar-refractivity contribution in [2.45, 2.75) is 32.4 Å². The third-order valence-electron chi connectivity index (χ3n) is 2.81. The first-order chi connectivity index (χ1) is 8.28. The lowest BCUT2D eigenvalue weighted by Gasteiger charge is -2.12. The third kappa shape index (κ3) is 3.68. The largest absolute Gasteiger partial charge is 0.475 e. The van der Waals surface area contributed by atoms with Gasteiger partial charge in [0.25, 0.3) is 0 Å². The Labute approximate surface area is 102 Å². The van der Waals surface area contributed by atoms with Gasteiger partial charge in [-0.15, -0.1) is 0 Å². The summed E-state index contributed by atoms with van der Waals surface area (Å²) >= 11 is 0. The minimum Gasteiger partial charge on any atom is -0.475 e. The molecule has 1 fully saturated rings. The number of nitrogens with one attached hydrogen (secondary N) is 1. The van der Waals surface area contributed by atoms with Crippen LogP contribution >= 0.6 is 0 Å². The number of ether oxygens (including phenoxy) is 2. The first-order valence-corrected chi connectivity index (χ1v) is 6.14. The van der Waals surface area contributed by atoms with Crippen molar-refractivity contribution in [3.8, 4) is 5.88 Å². The molecular weight excluding hydrogens is 216 g/mol. The molecule has 1 atom stereocenters. The summed E-state index contributed by atoms with van der Waals surface area (Å²) in [5.74, 6) is 0.700. The number of pyridine rings is 1. The van der Waals surface area contributed by atoms with E-state index in [1.807, 2.05) is 20.0 Å². The fourth-order valence-electron chi connectivity index (χ4n) is 2.04. The maximum absolute atomic E-state index is 5.69. The zero-order valence-electron chi connectivity index (χ0n) is 10.5. The van der Waals surface area contributed by atoms with E-state index in [0.717, 1.165) is 31.7 Å². The molecule has 0 aromatic carbocycles. The molecular formula is C13H20N2O2. The summed E-state index contributed by atoms with van der Waals surface area (Å²) in [5.41, 5.74) is 2.18. The minimum absolute atomic E-state index is 0.241. The molecule has 1 aliphatic rings. The van der Waals surface area contributed by atoms with E-state index in [9.17, 15) is 0 Å². The molecule has 0 spiro atoms. The van der Waals surface area contributed by atoms with Gasteiger partial charge in [0.15, 0.2) is 0 Å². The number of nitrogens with zero attached hydrogens (tertiary/aromatic N) is 1. The normalized spacial score (nSPS) is 19.5. The van der Waals surface area contributed by atoms with Gasteiger partial charge in [0.2, 0.25) is 5.88 Å². The van der Waals surface area contributed by atoms with Gasteiger partial charge < -0.3 is 14.8 Å². The zero-order chi connectivity index (χ0) is 12.1. The Morgan fingerprint density at radius 3 is 3.12 bits per heavy atom. The topological polar surface area (TPSA) is 43.4 Å². The Bertz CT molecular complexity index is 362. The second kappa shape index (κ2) is 5.98. The SMILES string of the molecule is CNCc1cc(C)nc(OCC2CCCO2)c1. The molecule has 1 aromatic heterocycles. The summed E-state index contributed by atoms with van der Waals surface area (Å²) in [6, 6.07) is 4.05. The molecule has 1 unspecified atom stereocenters. The van der Waals surface area contributed by atoms with Crippen molar-refractivity contribution in [3.63, 3.8) is 0 Å². The smallest absolute Gasteiger partial charge is 0.213 e. The molecule has 4 heteroatoms. The molecule has 1 N–H and O–H groups in total. The second-order valence-electron chi connectivity index (χ2n) is 4.43. The monoisotopic (exact) mass is 236 g/mol. The quantitative estimate of drug-likeness (QED) is 0.844. The predicted octanol–water partition coefficient (Wildman–Crippen LogP) is 1.67. The van der Waals surface area contributed by atoms with E-state index < -0.39 is 0 Å². The molecule has 0 bridgehead atoms. The maximum atomic E-state index is 5.69. The van der Waals surface area contributed by atoms with Crippen LogP contribution in [0.1, 0.15) is 24.1 Å². The lowest BCUT2D eigenvalue weighted by molar-refractivity contribution is 0.0662. The van der Waals surface area contributed by atoms with Crippen LogP contribution < -0.4 is 10.1 Å². The third-order valence-corrected chi connectivity index (χ3v) is 2.81. The summed E-state index contributed by atoms with van der Waals surface area (Å²) in [7, 11) is 1.93. The second-order valence-corrected chi connectivity index (χ2v) is 4.43. The van der Waals surface area contributed by atoms with Gasteiger partial charge in [-0.3, -0.25) is 0 Å². The molecule has 0 aliphatic carbocycles. The summed E-state index contributed by atoms with van der Waals surface area (Å²) < 4.78 is 11.2. The van der Waals surface area contributed by atoms with E-state index in [2.05, 4.69) is 16.4 Å². The number of hydrogen-bond donors (Lipinski definition) is 1. The van der Waals surface area contributed by atoms with Crippen LogP contribution in [0.3, 0.4) is 0 Å². The molecule has 0 amide bonds. The summed E-state index contributed by atoms with van der Waals surface area (Å²) in [4.78, 5) is 4.37. The number of hydrogen-bond acceptors (Lipinski definition) is 4. The number of aromatic nitrogens is 1. The minimum atomic E-state index is 0.241. The Morgan fingerprint density at radius 2 is 2.41 bits per heavy atom. The Morgan fingerprint density at radius 1 is 1.53 bits per heavy atom. The molecule has 0 radical (unpaired) electrons. The molecule has 0 saturated carbocycles. The van der Waals surface area contributed by atoms with Gasteiger partial charge in [-0.1, -0.05) is 0 Å². The average Bonchev–Trinajstić information content (AvgIpc) is 2.79. The van der Waals surface area contributed by atoms with Gasteiger partial charge >= 0.3 is 0 Å². The molecule has 2 heterocycles. The Balaban J connectivity index is 1.94. The highest BCUT2D eigenvalue weighted by molar-refractivity contribution is 5.24. The van der Waals surface area contributed by atoms with Crippen molar-refractivity contribution in [3.05, 3.63) is 23.4 Å². The average molecular weight is 236 g/mol. The fraction of sp³-hybridized carbons (Fsp3) is 0.615. The van der Waals surface area contributed by atoms with Crippen LogP contribution in [-0.2, 0) is 11.3 Å². The van der Waals surface area contributed by atoms with Crippen LogP contribution in [0, 0.1) is 6.92 Å². The van der Waals surface area contributed by atoms with Gasteiger partial charge in [0.05, 0.1) is 6.10 Å². The maximum Gasteiger partial charge on any atom is 0.213 e. The summed E-state index contributed by atoms with van der Waals surface area (Å²) in [5, 5.41) is 3.13. The summed E-state index contributed by atoms with van der Waals surface area (Å²) in [6.07, 6.45) is 2.47. The van der Waals surface area contributed by atoms with Gasteiger partial charge in [-0.05, 0) is 38.4 Å². The molecule has 4 nitrogen and oxygen atoms in total. The zero-order valence-corrected chi connectivity index (χ0v) is 10.5. The molecule has 17 heavy (non-hydrogen) atoms. The van der Waals surface area contributed by atoms with Gasteiger partial charge in [-0.25, -0.2) is 4.98 Å². The van der Waals surface area contributed by atoms with Crippen LogP contribution in [0.5, 0.6) is 5.88 Å². The van der Waals surface area contributed by atoms with Crippen LogP contribution in [0.4, 0.5) is 0 Å². The molecule has 1 aromatic rings. The lowest BCUT2D eigenvalue weighted by atomic mass is 10.2. The van der Waals surface area contributed by atoms with Crippen molar-refractivity contribution in [2.75, 3.05) is 20.3 Å². The fourth-order valence-corrected chi connectivity index (χ4v) is 2.04. The number of rotatable bonds is 5.